The van der Waals surface area contributed by atoms with Crippen LogP contribution in [0.15, 0.2) is 12.3 Å². The van der Waals surface area contributed by atoms with Crippen LogP contribution in [-0.4, -0.2) is 4.98 Å². The lowest BCUT2D eigenvalue weighted by atomic mass is 10.4. The third-order valence-corrected chi connectivity index (χ3v) is 1.14. The Labute approximate surface area is 55.6 Å². The molecule has 0 saturated carbocycles. The Morgan fingerprint density at radius 1 is 1.56 bits per heavy atom. The van der Waals surface area contributed by atoms with Crippen LogP contribution in [0.3, 0.4) is 0 Å². The lowest BCUT2D eigenvalue weighted by Crippen LogP contribution is -1.75. The number of halogens is 3. The van der Waals surface area contributed by atoms with Gasteiger partial charge in [-0.05, 0) is 6.07 Å². The summed E-state index contributed by atoms with van der Waals surface area (Å²) < 4.78 is 23.4. The molecule has 9 heavy (non-hydrogen) atoms. The van der Waals surface area contributed by atoms with Gasteiger partial charge in [0.1, 0.15) is 5.15 Å². The molecule has 0 aliphatic heterocycles. The summed E-state index contributed by atoms with van der Waals surface area (Å²) in [5.41, 5.74) is -0.0694. The summed E-state index contributed by atoms with van der Waals surface area (Å²) in [6.45, 7) is 0. The van der Waals surface area contributed by atoms with Crippen LogP contribution >= 0.6 is 11.6 Å². The predicted octanol–water partition coefficient (Wildman–Crippen LogP) is 2.61. The zero-order chi connectivity index (χ0) is 6.85. The van der Waals surface area contributed by atoms with Crippen molar-refractivity contribution in [2.45, 2.75) is 6.43 Å². The normalized spacial score (nSPS) is 10.7. The quantitative estimate of drug-likeness (QED) is 0.635. The Morgan fingerprint density at radius 3 is 2.44 bits per heavy atom. The smallest absolute Gasteiger partial charge is 0.265 e. The van der Waals surface area contributed by atoms with E-state index < -0.39 is 6.43 Å². The van der Waals surface area contributed by atoms with E-state index in [1.807, 2.05) is 0 Å². The molecule has 0 aliphatic rings. The second-order valence-electron chi connectivity index (χ2n) is 1.58. The van der Waals surface area contributed by atoms with Crippen LogP contribution in [0.4, 0.5) is 8.78 Å². The highest BCUT2D eigenvalue weighted by atomic mass is 35.5. The van der Waals surface area contributed by atoms with E-state index in [4.69, 9.17) is 11.6 Å². The summed E-state index contributed by atoms with van der Waals surface area (Å²) in [6.07, 6.45) is -1.25. The van der Waals surface area contributed by atoms with Crippen LogP contribution in [0.1, 0.15) is 12.0 Å². The Bertz CT molecular complexity index is 197. The number of H-pyrrole nitrogens is 1. The summed E-state index contributed by atoms with van der Waals surface area (Å²) in [7, 11) is 0. The molecule has 0 fully saturated rings. The number of hydrogen-bond acceptors (Lipinski definition) is 0. The van der Waals surface area contributed by atoms with Crippen LogP contribution in [-0.2, 0) is 0 Å². The van der Waals surface area contributed by atoms with Gasteiger partial charge >= 0.3 is 0 Å². The topological polar surface area (TPSA) is 15.8 Å². The van der Waals surface area contributed by atoms with Crippen molar-refractivity contribution in [3.05, 3.63) is 23.0 Å². The standard InChI is InChI=1S/C5H4ClF2N/c6-4-1-3(2-9-4)5(7)8/h1-2,5,9H. The van der Waals surface area contributed by atoms with E-state index in [1.165, 1.54) is 12.3 Å². The van der Waals surface area contributed by atoms with Crippen LogP contribution in [0.5, 0.6) is 0 Å². The first-order valence-electron chi connectivity index (χ1n) is 2.32. The van der Waals surface area contributed by atoms with Gasteiger partial charge in [-0.1, -0.05) is 11.6 Å². The molecular weight excluding hydrogens is 148 g/mol. The van der Waals surface area contributed by atoms with E-state index in [-0.39, 0.29) is 10.7 Å². The van der Waals surface area contributed by atoms with Gasteiger partial charge in [-0.3, -0.25) is 0 Å². The van der Waals surface area contributed by atoms with Crippen molar-refractivity contribution in [2.24, 2.45) is 0 Å². The molecule has 4 heteroatoms. The second-order valence-corrected chi connectivity index (χ2v) is 1.99. The summed E-state index contributed by atoms with van der Waals surface area (Å²) in [4.78, 5) is 2.44. The Morgan fingerprint density at radius 2 is 2.22 bits per heavy atom. The molecular formula is C5H4ClF2N. The minimum atomic E-state index is -2.44. The summed E-state index contributed by atoms with van der Waals surface area (Å²) in [6, 6.07) is 1.20. The van der Waals surface area contributed by atoms with Gasteiger partial charge in [0.2, 0.25) is 0 Å². The monoisotopic (exact) mass is 151 g/mol. The van der Waals surface area contributed by atoms with Gasteiger partial charge in [0.15, 0.2) is 0 Å². The van der Waals surface area contributed by atoms with Crippen LogP contribution in [0.25, 0.3) is 0 Å². The molecule has 1 rings (SSSR count). The van der Waals surface area contributed by atoms with Gasteiger partial charge in [0.05, 0.1) is 0 Å². The molecule has 1 aromatic heterocycles. The molecule has 0 spiro atoms. The average molecular weight is 152 g/mol. The first kappa shape index (κ1) is 6.55. The second kappa shape index (κ2) is 2.35. The molecule has 0 unspecified atom stereocenters. The Kier molecular flexibility index (Phi) is 1.71. The highest BCUT2D eigenvalue weighted by Gasteiger charge is 2.07. The van der Waals surface area contributed by atoms with Crippen molar-refractivity contribution in [2.75, 3.05) is 0 Å². The third-order valence-electron chi connectivity index (χ3n) is 0.922. The first-order valence-corrected chi connectivity index (χ1v) is 2.70. The fourth-order valence-electron chi connectivity index (χ4n) is 0.508. The van der Waals surface area contributed by atoms with Gasteiger partial charge in [0, 0.05) is 11.8 Å². The van der Waals surface area contributed by atoms with E-state index in [9.17, 15) is 8.78 Å². The zero-order valence-corrected chi connectivity index (χ0v) is 5.12. The molecule has 0 bridgehead atoms. The summed E-state index contributed by atoms with van der Waals surface area (Å²) in [5.74, 6) is 0. The zero-order valence-electron chi connectivity index (χ0n) is 4.37. The molecule has 0 saturated heterocycles. The van der Waals surface area contributed by atoms with E-state index in [1.54, 1.807) is 0 Å². The Balaban J connectivity index is 2.85. The molecule has 1 heterocycles. The number of hydrogen-bond donors (Lipinski definition) is 1. The van der Waals surface area contributed by atoms with Crippen molar-refractivity contribution >= 4 is 11.6 Å². The number of aromatic amines is 1. The Hall–Kier alpha value is -0.570. The number of rotatable bonds is 1. The maximum absolute atomic E-state index is 11.7. The van der Waals surface area contributed by atoms with E-state index in [0.29, 0.717) is 0 Å². The van der Waals surface area contributed by atoms with E-state index in [2.05, 4.69) is 4.98 Å². The van der Waals surface area contributed by atoms with Crippen molar-refractivity contribution in [3.8, 4) is 0 Å². The van der Waals surface area contributed by atoms with Crippen molar-refractivity contribution in [3.63, 3.8) is 0 Å². The number of alkyl halides is 2. The van der Waals surface area contributed by atoms with Crippen LogP contribution < -0.4 is 0 Å². The predicted molar refractivity (Wildman–Crippen MR) is 30.8 cm³/mol. The van der Waals surface area contributed by atoms with Gasteiger partial charge in [-0.15, -0.1) is 0 Å². The largest absolute Gasteiger partial charge is 0.352 e. The molecule has 0 aliphatic carbocycles. The summed E-state index contributed by atoms with van der Waals surface area (Å²) in [5, 5.41) is 0.241. The highest BCUT2D eigenvalue weighted by molar-refractivity contribution is 6.29. The molecule has 1 aromatic rings. The molecule has 0 atom stereocenters. The summed E-state index contributed by atoms with van der Waals surface area (Å²) >= 11 is 5.32. The van der Waals surface area contributed by atoms with Crippen molar-refractivity contribution < 1.29 is 8.78 Å². The lowest BCUT2D eigenvalue weighted by Gasteiger charge is -1.87. The molecule has 0 aromatic carbocycles. The van der Waals surface area contributed by atoms with Crippen LogP contribution in [0, 0.1) is 0 Å². The van der Waals surface area contributed by atoms with Gasteiger partial charge in [-0.2, -0.15) is 0 Å². The van der Waals surface area contributed by atoms with Crippen LogP contribution in [0.2, 0.25) is 5.15 Å². The first-order chi connectivity index (χ1) is 4.20. The van der Waals surface area contributed by atoms with Crippen molar-refractivity contribution in [1.82, 2.24) is 4.98 Å². The molecule has 1 nitrogen and oxygen atoms in total. The average Bonchev–Trinajstić information content (AvgIpc) is 2.14. The van der Waals surface area contributed by atoms with Gasteiger partial charge in [-0.25, -0.2) is 8.78 Å². The van der Waals surface area contributed by atoms with E-state index >= 15 is 0 Å². The molecule has 1 N–H and O–H groups in total. The third kappa shape index (κ3) is 1.42. The molecule has 50 valence electrons. The van der Waals surface area contributed by atoms with Gasteiger partial charge < -0.3 is 4.98 Å². The fraction of sp³-hybridized carbons (Fsp3) is 0.200. The SMILES string of the molecule is FC(F)c1c[nH]c(Cl)c1. The highest BCUT2D eigenvalue weighted by Crippen LogP contribution is 2.20. The number of aromatic nitrogens is 1. The maximum atomic E-state index is 11.7. The minimum absolute atomic E-state index is 0.0694. The lowest BCUT2D eigenvalue weighted by molar-refractivity contribution is 0.151. The minimum Gasteiger partial charge on any atom is -0.352 e. The van der Waals surface area contributed by atoms with Crippen molar-refractivity contribution in [1.29, 1.82) is 0 Å². The van der Waals surface area contributed by atoms with Gasteiger partial charge in [0.25, 0.3) is 6.43 Å². The number of nitrogens with one attached hydrogen (secondary N) is 1. The molecule has 0 amide bonds. The molecule has 0 radical (unpaired) electrons. The van der Waals surface area contributed by atoms with E-state index in [0.717, 1.165) is 0 Å². The fourth-order valence-corrected chi connectivity index (χ4v) is 0.688. The maximum Gasteiger partial charge on any atom is 0.265 e.